The maximum atomic E-state index is 11.9. The molecular weight excluding hydrogens is 310 g/mol. The lowest BCUT2D eigenvalue weighted by Gasteiger charge is -2.26. The molecule has 0 heterocycles. The Morgan fingerprint density at radius 1 is 1.08 bits per heavy atom. The van der Waals surface area contributed by atoms with Gasteiger partial charge < -0.3 is 21.1 Å². The highest BCUT2D eigenvalue weighted by Gasteiger charge is 2.26. The second-order valence-electron chi connectivity index (χ2n) is 6.09. The van der Waals surface area contributed by atoms with E-state index in [1.54, 1.807) is 12.1 Å². The molecule has 0 saturated heterocycles. The molecule has 2 rings (SSSR count). The van der Waals surface area contributed by atoms with Crippen LogP contribution in [0.5, 0.6) is 0 Å². The van der Waals surface area contributed by atoms with Gasteiger partial charge in [0.2, 0.25) is 5.91 Å². The maximum absolute atomic E-state index is 11.9. The molecule has 3 amide bonds. The molecule has 0 aromatic heterocycles. The number of amides is 3. The highest BCUT2D eigenvalue weighted by atomic mass is 16.4. The Kier molecular flexibility index (Phi) is 6.17. The van der Waals surface area contributed by atoms with E-state index >= 15 is 0 Å². The third kappa shape index (κ3) is 5.57. The summed E-state index contributed by atoms with van der Waals surface area (Å²) in [6.07, 6.45) is 2.58. The van der Waals surface area contributed by atoms with Gasteiger partial charge in [0.25, 0.3) is 0 Å². The van der Waals surface area contributed by atoms with Crippen LogP contribution in [-0.4, -0.2) is 29.1 Å². The molecule has 7 nitrogen and oxygen atoms in total. The maximum Gasteiger partial charge on any atom is 0.315 e. The smallest absolute Gasteiger partial charge is 0.315 e. The van der Waals surface area contributed by atoms with E-state index in [2.05, 4.69) is 16.0 Å². The van der Waals surface area contributed by atoms with Gasteiger partial charge in [-0.25, -0.2) is 4.79 Å². The molecule has 1 aromatic rings. The average molecular weight is 333 g/mol. The van der Waals surface area contributed by atoms with E-state index in [1.807, 2.05) is 12.1 Å². The average Bonchev–Trinajstić information content (AvgIpc) is 2.54. The number of urea groups is 1. The number of rotatable bonds is 5. The van der Waals surface area contributed by atoms with Crippen molar-refractivity contribution in [3.63, 3.8) is 0 Å². The number of carbonyl (C=O) groups is 3. The molecule has 24 heavy (non-hydrogen) atoms. The fourth-order valence-corrected chi connectivity index (χ4v) is 2.81. The molecule has 0 atom stereocenters. The number of aliphatic carboxylic acids is 1. The number of nitrogens with one attached hydrogen (secondary N) is 3. The van der Waals surface area contributed by atoms with Crippen molar-refractivity contribution in [2.45, 2.75) is 45.2 Å². The zero-order valence-electron chi connectivity index (χ0n) is 13.7. The second-order valence-corrected chi connectivity index (χ2v) is 6.09. The third-order valence-electron chi connectivity index (χ3n) is 4.14. The fraction of sp³-hybridized carbons (Fsp3) is 0.471. The van der Waals surface area contributed by atoms with Crippen LogP contribution in [0.25, 0.3) is 0 Å². The normalized spacial score (nSPS) is 20.0. The first-order valence-electron chi connectivity index (χ1n) is 8.07. The summed E-state index contributed by atoms with van der Waals surface area (Å²) in [4.78, 5) is 33.8. The summed E-state index contributed by atoms with van der Waals surface area (Å²) in [6, 6.07) is 7.02. The quantitative estimate of drug-likeness (QED) is 0.661. The van der Waals surface area contributed by atoms with Gasteiger partial charge in [0, 0.05) is 25.2 Å². The summed E-state index contributed by atoms with van der Waals surface area (Å²) < 4.78 is 0. The first kappa shape index (κ1) is 17.8. The Labute approximate surface area is 140 Å². The highest BCUT2D eigenvalue weighted by molar-refractivity contribution is 5.88. The van der Waals surface area contributed by atoms with Crippen molar-refractivity contribution in [2.75, 3.05) is 5.32 Å². The zero-order chi connectivity index (χ0) is 17.5. The van der Waals surface area contributed by atoms with Crippen molar-refractivity contribution in [1.82, 2.24) is 10.6 Å². The van der Waals surface area contributed by atoms with Gasteiger partial charge in [-0.3, -0.25) is 9.59 Å². The molecule has 0 aliphatic heterocycles. The minimum atomic E-state index is -0.749. The van der Waals surface area contributed by atoms with Crippen LogP contribution >= 0.6 is 0 Å². The first-order chi connectivity index (χ1) is 11.4. The lowest BCUT2D eigenvalue weighted by Crippen LogP contribution is -2.43. The van der Waals surface area contributed by atoms with Gasteiger partial charge in [0.15, 0.2) is 0 Å². The second kappa shape index (κ2) is 8.33. The molecule has 1 aliphatic rings. The van der Waals surface area contributed by atoms with Gasteiger partial charge in [-0.15, -0.1) is 0 Å². The van der Waals surface area contributed by atoms with Crippen molar-refractivity contribution in [3.05, 3.63) is 29.8 Å². The number of carbonyl (C=O) groups excluding carboxylic acids is 2. The number of benzene rings is 1. The predicted molar refractivity (Wildman–Crippen MR) is 89.5 cm³/mol. The van der Waals surface area contributed by atoms with E-state index in [-0.39, 0.29) is 23.9 Å². The van der Waals surface area contributed by atoms with Crippen LogP contribution in [0.2, 0.25) is 0 Å². The minimum absolute atomic E-state index is 0.0303. The van der Waals surface area contributed by atoms with Crippen LogP contribution < -0.4 is 16.0 Å². The summed E-state index contributed by atoms with van der Waals surface area (Å²) in [5.41, 5.74) is 1.64. The van der Waals surface area contributed by atoms with Crippen LogP contribution in [-0.2, 0) is 16.1 Å². The van der Waals surface area contributed by atoms with Crippen LogP contribution in [0.4, 0.5) is 10.5 Å². The van der Waals surface area contributed by atoms with Crippen LogP contribution in [0, 0.1) is 5.92 Å². The zero-order valence-corrected chi connectivity index (χ0v) is 13.7. The summed E-state index contributed by atoms with van der Waals surface area (Å²) in [7, 11) is 0. The SMILES string of the molecule is CC(=O)Nc1ccc(CNC(=O)NC2CCC(C(=O)O)CC2)cc1. The first-order valence-corrected chi connectivity index (χ1v) is 8.07. The molecule has 4 N–H and O–H groups in total. The molecule has 0 spiro atoms. The minimum Gasteiger partial charge on any atom is -0.481 e. The van der Waals surface area contributed by atoms with Crippen molar-refractivity contribution in [2.24, 2.45) is 5.92 Å². The van der Waals surface area contributed by atoms with Crippen molar-refractivity contribution < 1.29 is 19.5 Å². The highest BCUT2D eigenvalue weighted by Crippen LogP contribution is 2.24. The van der Waals surface area contributed by atoms with Crippen LogP contribution in [0.3, 0.4) is 0 Å². The molecule has 1 saturated carbocycles. The molecular formula is C17H23N3O4. The largest absolute Gasteiger partial charge is 0.481 e. The van der Waals surface area contributed by atoms with E-state index in [1.165, 1.54) is 6.92 Å². The molecule has 1 aliphatic carbocycles. The van der Waals surface area contributed by atoms with E-state index in [0.29, 0.717) is 37.9 Å². The number of anilines is 1. The number of hydrogen-bond acceptors (Lipinski definition) is 3. The summed E-state index contributed by atoms with van der Waals surface area (Å²) in [5, 5.41) is 17.3. The van der Waals surface area contributed by atoms with E-state index in [4.69, 9.17) is 5.11 Å². The molecule has 0 radical (unpaired) electrons. The number of hydrogen-bond donors (Lipinski definition) is 4. The van der Waals surface area contributed by atoms with Crippen molar-refractivity contribution in [1.29, 1.82) is 0 Å². The Bertz CT molecular complexity index is 592. The van der Waals surface area contributed by atoms with Crippen molar-refractivity contribution in [3.8, 4) is 0 Å². The fourth-order valence-electron chi connectivity index (χ4n) is 2.81. The molecule has 0 bridgehead atoms. The molecule has 0 unspecified atom stereocenters. The lowest BCUT2D eigenvalue weighted by atomic mass is 9.86. The monoisotopic (exact) mass is 333 g/mol. The van der Waals surface area contributed by atoms with E-state index in [9.17, 15) is 14.4 Å². The summed E-state index contributed by atoms with van der Waals surface area (Å²) in [6.45, 7) is 1.83. The van der Waals surface area contributed by atoms with Gasteiger partial charge in [0.05, 0.1) is 5.92 Å². The Balaban J connectivity index is 1.71. The Morgan fingerprint density at radius 2 is 1.71 bits per heavy atom. The van der Waals surface area contributed by atoms with Crippen LogP contribution in [0.1, 0.15) is 38.2 Å². The summed E-state index contributed by atoms with van der Waals surface area (Å²) in [5.74, 6) is -1.16. The standard InChI is InChI=1S/C17H23N3O4/c1-11(21)19-14-6-2-12(3-7-14)10-18-17(24)20-15-8-4-13(5-9-15)16(22)23/h2-3,6-7,13,15H,4-5,8-10H2,1H3,(H,19,21)(H,22,23)(H2,18,20,24). The number of carboxylic acid groups (broad SMARTS) is 1. The topological polar surface area (TPSA) is 108 Å². The van der Waals surface area contributed by atoms with Crippen LogP contribution in [0.15, 0.2) is 24.3 Å². The Morgan fingerprint density at radius 3 is 2.25 bits per heavy atom. The molecule has 7 heteroatoms. The van der Waals surface area contributed by atoms with Gasteiger partial charge in [-0.1, -0.05) is 12.1 Å². The Hall–Kier alpha value is -2.57. The van der Waals surface area contributed by atoms with Gasteiger partial charge in [-0.2, -0.15) is 0 Å². The molecule has 1 fully saturated rings. The van der Waals surface area contributed by atoms with E-state index in [0.717, 1.165) is 5.56 Å². The predicted octanol–water partition coefficient (Wildman–Crippen LogP) is 2.09. The summed E-state index contributed by atoms with van der Waals surface area (Å²) >= 11 is 0. The molecule has 130 valence electrons. The van der Waals surface area contributed by atoms with Gasteiger partial charge in [0.1, 0.15) is 0 Å². The molecule has 1 aromatic carbocycles. The number of carboxylic acids is 1. The van der Waals surface area contributed by atoms with Gasteiger partial charge in [-0.05, 0) is 43.4 Å². The van der Waals surface area contributed by atoms with E-state index < -0.39 is 5.97 Å². The van der Waals surface area contributed by atoms with Gasteiger partial charge >= 0.3 is 12.0 Å². The van der Waals surface area contributed by atoms with Crippen molar-refractivity contribution >= 4 is 23.6 Å². The third-order valence-corrected chi connectivity index (χ3v) is 4.14. The lowest BCUT2D eigenvalue weighted by molar-refractivity contribution is -0.142.